The lowest BCUT2D eigenvalue weighted by atomic mass is 10.0. The molecule has 0 saturated carbocycles. The minimum absolute atomic E-state index is 0.0544. The first-order chi connectivity index (χ1) is 26.0. The van der Waals surface area contributed by atoms with Crippen molar-refractivity contribution in [1.82, 2.24) is 0 Å². The number of rotatable bonds is 30. The van der Waals surface area contributed by atoms with Crippen molar-refractivity contribution in [2.75, 3.05) is 6.61 Å². The fourth-order valence-electron chi connectivity index (χ4n) is 6.15. The van der Waals surface area contributed by atoms with Crippen LogP contribution in [0.25, 0.3) is 0 Å². The molecule has 0 rings (SSSR count). The van der Waals surface area contributed by atoms with Crippen molar-refractivity contribution < 1.29 is 18.9 Å². The summed E-state index contributed by atoms with van der Waals surface area (Å²) in [6.07, 6.45) is 43.3. The van der Waals surface area contributed by atoms with Gasteiger partial charge < -0.3 is 9.79 Å². The second-order valence-corrected chi connectivity index (χ2v) is 17.6. The number of hydrogen-bond acceptors (Lipinski definition) is 2. The Balaban J connectivity index is 4.26. The minimum atomic E-state index is -4.40. The quantitative estimate of drug-likeness (QED) is 0.0563. The summed E-state index contributed by atoms with van der Waals surface area (Å²) in [5.41, 5.74) is 14.4. The summed E-state index contributed by atoms with van der Waals surface area (Å²) in [7, 11) is -4.40. The van der Waals surface area contributed by atoms with Crippen molar-refractivity contribution in [3.8, 4) is 0 Å². The van der Waals surface area contributed by atoms with Crippen LogP contribution in [0.1, 0.15) is 192 Å². The molecule has 0 aromatic rings. The van der Waals surface area contributed by atoms with Crippen LogP contribution in [0.2, 0.25) is 0 Å². The van der Waals surface area contributed by atoms with Crippen molar-refractivity contribution >= 4 is 7.82 Å². The summed E-state index contributed by atoms with van der Waals surface area (Å²) in [6, 6.07) is 0. The highest BCUT2D eigenvalue weighted by molar-refractivity contribution is 7.46. The summed E-state index contributed by atoms with van der Waals surface area (Å²) in [6.45, 7) is 24.4. The van der Waals surface area contributed by atoms with Gasteiger partial charge in [-0.15, -0.1) is 0 Å². The summed E-state index contributed by atoms with van der Waals surface area (Å²) >= 11 is 0. The molecule has 0 spiro atoms. The van der Waals surface area contributed by atoms with Crippen LogP contribution in [0.3, 0.4) is 0 Å². The molecule has 0 aliphatic carbocycles. The van der Waals surface area contributed by atoms with Gasteiger partial charge in [0.15, 0.2) is 0 Å². The minimum Gasteiger partial charge on any atom is -0.303 e. The van der Waals surface area contributed by atoms with Gasteiger partial charge in [-0.05, 0) is 192 Å². The maximum Gasteiger partial charge on any atom is 0.469 e. The molecular formula is C50H83O4P. The van der Waals surface area contributed by atoms with Crippen LogP contribution in [-0.2, 0) is 9.09 Å². The van der Waals surface area contributed by atoms with E-state index in [0.29, 0.717) is 0 Å². The average molecular weight is 779 g/mol. The molecule has 0 aliphatic rings. The Bertz CT molecular complexity index is 1440. The average Bonchev–Trinajstić information content (AvgIpc) is 3.07. The van der Waals surface area contributed by atoms with Crippen LogP contribution in [0.5, 0.6) is 0 Å². The standard InChI is InChI=1S/C50H83O4P/c1-41(2)21-12-22-42(3)23-13-24-43(4)25-14-26-44(5)27-15-28-45(6)29-16-30-46(7)31-17-32-47(8)33-18-34-48(9)35-19-36-49(10)37-20-38-50(11)39-40-54-55(51,52)53/h21,23,25,27,29,31,33,35,37,39H,12-20,22,24,26,28,30,32,34,36,38,40H2,1-11H3,(H2,51,52,53)/b42-23-,43-25-,44-27-,45-29-,46-31-,47-33-,48-35-,49-37-,50-39-. The zero-order valence-corrected chi connectivity index (χ0v) is 38.3. The van der Waals surface area contributed by atoms with Crippen molar-refractivity contribution in [2.24, 2.45) is 0 Å². The van der Waals surface area contributed by atoms with E-state index in [-0.39, 0.29) is 6.61 Å². The predicted molar refractivity (Wildman–Crippen MR) is 244 cm³/mol. The van der Waals surface area contributed by atoms with E-state index in [2.05, 4.69) is 128 Å². The maximum absolute atomic E-state index is 10.8. The first-order valence-corrected chi connectivity index (χ1v) is 22.7. The molecule has 5 heteroatoms. The van der Waals surface area contributed by atoms with E-state index in [0.717, 1.165) is 102 Å². The Labute approximate surface area is 340 Å². The van der Waals surface area contributed by atoms with Crippen molar-refractivity contribution in [1.29, 1.82) is 0 Å². The Morgan fingerprint density at radius 3 is 0.709 bits per heavy atom. The van der Waals surface area contributed by atoms with Gasteiger partial charge in [0.1, 0.15) is 0 Å². The number of phosphoric ester groups is 1. The number of allylic oxidation sites excluding steroid dienone is 19. The van der Waals surface area contributed by atoms with E-state index < -0.39 is 7.82 Å². The summed E-state index contributed by atoms with van der Waals surface area (Å²) in [5.74, 6) is 0. The molecular weight excluding hydrogens is 696 g/mol. The molecule has 0 fully saturated rings. The van der Waals surface area contributed by atoms with Gasteiger partial charge in [-0.1, -0.05) is 116 Å². The highest BCUT2D eigenvalue weighted by Gasteiger charge is 2.11. The van der Waals surface area contributed by atoms with Crippen LogP contribution in [-0.4, -0.2) is 16.4 Å². The third kappa shape index (κ3) is 36.9. The van der Waals surface area contributed by atoms with Gasteiger partial charge >= 0.3 is 7.82 Å². The van der Waals surface area contributed by atoms with Crippen LogP contribution in [0.4, 0.5) is 0 Å². The first-order valence-electron chi connectivity index (χ1n) is 21.2. The molecule has 312 valence electrons. The number of hydrogen-bond donors (Lipinski definition) is 2. The molecule has 4 nitrogen and oxygen atoms in total. The zero-order chi connectivity index (χ0) is 41.5. The molecule has 0 amide bonds. The highest BCUT2D eigenvalue weighted by Crippen LogP contribution is 2.35. The van der Waals surface area contributed by atoms with E-state index >= 15 is 0 Å². The van der Waals surface area contributed by atoms with Gasteiger partial charge in [0.2, 0.25) is 0 Å². The lowest BCUT2D eigenvalue weighted by Crippen LogP contribution is -1.89. The first kappa shape index (κ1) is 52.5. The summed E-state index contributed by atoms with van der Waals surface area (Å²) in [5, 5.41) is 0. The lowest BCUT2D eigenvalue weighted by Gasteiger charge is -2.04. The van der Waals surface area contributed by atoms with E-state index in [1.165, 1.54) is 69.4 Å². The Hall–Kier alpha value is -2.49. The van der Waals surface area contributed by atoms with Crippen molar-refractivity contribution in [3.63, 3.8) is 0 Å². The molecule has 0 radical (unpaired) electrons. The van der Waals surface area contributed by atoms with Crippen LogP contribution in [0, 0.1) is 0 Å². The molecule has 0 bridgehead atoms. The second kappa shape index (κ2) is 32.6. The lowest BCUT2D eigenvalue weighted by molar-refractivity contribution is 0.215. The maximum atomic E-state index is 10.8. The Morgan fingerprint density at radius 1 is 0.345 bits per heavy atom. The zero-order valence-electron chi connectivity index (χ0n) is 37.4. The Kier molecular flexibility index (Phi) is 31.1. The van der Waals surface area contributed by atoms with Gasteiger partial charge in [0, 0.05) is 0 Å². The summed E-state index contributed by atoms with van der Waals surface area (Å²) < 4.78 is 15.2. The van der Waals surface area contributed by atoms with Crippen LogP contribution >= 0.6 is 7.82 Å². The molecule has 0 heterocycles. The predicted octanol–water partition coefficient (Wildman–Crippen LogP) is 16.6. The smallest absolute Gasteiger partial charge is 0.303 e. The molecule has 0 unspecified atom stereocenters. The molecule has 0 saturated heterocycles. The fraction of sp³-hybridized carbons (Fsp3) is 0.600. The van der Waals surface area contributed by atoms with Crippen molar-refractivity contribution in [3.05, 3.63) is 116 Å². The van der Waals surface area contributed by atoms with E-state index in [9.17, 15) is 4.57 Å². The second-order valence-electron chi connectivity index (χ2n) is 16.4. The molecule has 0 aliphatic heterocycles. The Morgan fingerprint density at radius 2 is 0.527 bits per heavy atom. The fourth-order valence-corrected chi connectivity index (χ4v) is 6.42. The van der Waals surface area contributed by atoms with Gasteiger partial charge in [-0.2, -0.15) is 0 Å². The monoisotopic (exact) mass is 779 g/mol. The molecule has 2 N–H and O–H groups in total. The van der Waals surface area contributed by atoms with Crippen LogP contribution in [0.15, 0.2) is 116 Å². The molecule has 55 heavy (non-hydrogen) atoms. The third-order valence-electron chi connectivity index (χ3n) is 10.0. The molecule has 0 aromatic carbocycles. The van der Waals surface area contributed by atoms with Crippen molar-refractivity contribution in [2.45, 2.75) is 192 Å². The third-order valence-corrected chi connectivity index (χ3v) is 10.5. The van der Waals surface area contributed by atoms with E-state index in [4.69, 9.17) is 9.79 Å². The van der Waals surface area contributed by atoms with E-state index in [1.54, 1.807) is 6.08 Å². The largest absolute Gasteiger partial charge is 0.469 e. The van der Waals surface area contributed by atoms with Gasteiger partial charge in [0.05, 0.1) is 6.61 Å². The molecule has 0 atom stereocenters. The normalized spacial score (nSPS) is 15.0. The van der Waals surface area contributed by atoms with Gasteiger partial charge in [-0.3, -0.25) is 4.52 Å². The van der Waals surface area contributed by atoms with Gasteiger partial charge in [0.25, 0.3) is 0 Å². The topological polar surface area (TPSA) is 66.8 Å². The van der Waals surface area contributed by atoms with Crippen LogP contribution < -0.4 is 0 Å². The number of phosphoric acid groups is 1. The summed E-state index contributed by atoms with van der Waals surface area (Å²) in [4.78, 5) is 17.5. The van der Waals surface area contributed by atoms with Gasteiger partial charge in [-0.25, -0.2) is 4.57 Å². The van der Waals surface area contributed by atoms with E-state index in [1.807, 2.05) is 6.92 Å². The highest BCUT2D eigenvalue weighted by atomic mass is 31.2. The molecule has 0 aromatic heterocycles. The SMILES string of the molecule is CC(C)=CCC/C(C)=C\CC/C(C)=C\CC/C(C)=C\CC/C(C)=C\CC/C(C)=C\CC/C(C)=C\CC/C(C)=C\CC/C(C)=C\CC/C(C)=C\COP(=O)(O)O.